The van der Waals surface area contributed by atoms with E-state index in [0.717, 1.165) is 63.9 Å². The molecule has 178 valence electrons. The third-order valence-electron chi connectivity index (χ3n) is 6.83. The molecule has 0 aliphatic carbocycles. The van der Waals surface area contributed by atoms with Crippen molar-refractivity contribution >= 4 is 22.4 Å². The summed E-state index contributed by atoms with van der Waals surface area (Å²) in [6.07, 6.45) is 7.03. The maximum absolute atomic E-state index is 13.5. The Morgan fingerprint density at radius 1 is 1.09 bits per heavy atom. The van der Waals surface area contributed by atoms with Crippen molar-refractivity contribution in [2.75, 3.05) is 20.1 Å². The monoisotopic (exact) mass is 465 g/mol. The highest BCUT2D eigenvalue weighted by Crippen LogP contribution is 2.29. The normalized spacial score (nSPS) is 15.1. The first-order valence-corrected chi connectivity index (χ1v) is 12.1. The van der Waals surface area contributed by atoms with Crippen LogP contribution in [0.15, 0.2) is 67.0 Å². The summed E-state index contributed by atoms with van der Waals surface area (Å²) in [4.78, 5) is 20.6. The van der Waals surface area contributed by atoms with Crippen LogP contribution in [0.3, 0.4) is 0 Å². The van der Waals surface area contributed by atoms with Gasteiger partial charge in [-0.15, -0.1) is 0 Å². The number of nitrogens with one attached hydrogen (secondary N) is 1. The first-order valence-electron chi connectivity index (χ1n) is 12.1. The summed E-state index contributed by atoms with van der Waals surface area (Å²) in [5.41, 5.74) is 7.88. The van der Waals surface area contributed by atoms with Crippen LogP contribution in [-0.2, 0) is 7.05 Å². The standard InChI is InChI=1S/C29H31N5O/c1-19-9-10-22(21-11-13-33(3)14-12-21)15-25(19)29(35)31-20(2)26-16-28(23-17-30-34(4)18-23)32-27-8-6-5-7-24(26)27/h5-11,15-18,20H,12-14H2,1-4H3,(H,31,35)/t20-/m1/s1. The summed E-state index contributed by atoms with van der Waals surface area (Å²) >= 11 is 0. The number of carbonyl (C=O) groups is 1. The third-order valence-corrected chi connectivity index (χ3v) is 6.83. The van der Waals surface area contributed by atoms with Gasteiger partial charge in [0.05, 0.1) is 23.4 Å². The zero-order chi connectivity index (χ0) is 24.5. The first kappa shape index (κ1) is 23.0. The van der Waals surface area contributed by atoms with E-state index in [2.05, 4.69) is 52.7 Å². The Bertz CT molecular complexity index is 1430. The molecule has 35 heavy (non-hydrogen) atoms. The predicted molar refractivity (Wildman–Crippen MR) is 141 cm³/mol. The Morgan fingerprint density at radius 3 is 2.66 bits per heavy atom. The molecule has 0 saturated heterocycles. The summed E-state index contributed by atoms with van der Waals surface area (Å²) in [5.74, 6) is -0.0609. The van der Waals surface area contributed by atoms with Gasteiger partial charge >= 0.3 is 0 Å². The second kappa shape index (κ2) is 9.47. The van der Waals surface area contributed by atoms with Gasteiger partial charge in [0, 0.05) is 42.8 Å². The molecule has 0 fully saturated rings. The van der Waals surface area contributed by atoms with Crippen molar-refractivity contribution in [2.24, 2.45) is 7.05 Å². The van der Waals surface area contributed by atoms with Gasteiger partial charge in [-0.3, -0.25) is 9.48 Å². The lowest BCUT2D eigenvalue weighted by atomic mass is 9.95. The molecule has 1 N–H and O–H groups in total. The number of hydrogen-bond acceptors (Lipinski definition) is 4. The molecule has 0 unspecified atom stereocenters. The average molecular weight is 466 g/mol. The summed E-state index contributed by atoms with van der Waals surface area (Å²) in [5, 5.41) is 8.58. The lowest BCUT2D eigenvalue weighted by molar-refractivity contribution is 0.0939. The number of rotatable bonds is 5. The van der Waals surface area contributed by atoms with Crippen molar-refractivity contribution in [3.05, 3.63) is 89.3 Å². The van der Waals surface area contributed by atoms with Gasteiger partial charge in [-0.05, 0) is 67.8 Å². The van der Waals surface area contributed by atoms with E-state index in [1.165, 1.54) is 5.57 Å². The molecule has 2 aromatic carbocycles. The number of likely N-dealkylation sites (N-methyl/N-ethyl adjacent to an activating group) is 1. The Morgan fingerprint density at radius 2 is 1.91 bits per heavy atom. The van der Waals surface area contributed by atoms with Crippen LogP contribution in [0, 0.1) is 6.92 Å². The van der Waals surface area contributed by atoms with Crippen LogP contribution in [0.1, 0.15) is 46.4 Å². The van der Waals surface area contributed by atoms with Crippen LogP contribution in [-0.4, -0.2) is 45.7 Å². The fourth-order valence-electron chi connectivity index (χ4n) is 4.71. The van der Waals surface area contributed by atoms with E-state index in [-0.39, 0.29) is 11.9 Å². The van der Waals surface area contributed by atoms with Crippen LogP contribution >= 0.6 is 0 Å². The van der Waals surface area contributed by atoms with Crippen molar-refractivity contribution in [1.82, 2.24) is 25.0 Å². The van der Waals surface area contributed by atoms with Crippen molar-refractivity contribution in [3.8, 4) is 11.3 Å². The van der Waals surface area contributed by atoms with Crippen LogP contribution in [0.4, 0.5) is 0 Å². The largest absolute Gasteiger partial charge is 0.345 e. The lowest BCUT2D eigenvalue weighted by Crippen LogP contribution is -2.28. The molecule has 1 amide bonds. The molecule has 4 aromatic rings. The van der Waals surface area contributed by atoms with Crippen LogP contribution in [0.25, 0.3) is 27.7 Å². The second-order valence-electron chi connectivity index (χ2n) is 9.48. The minimum absolute atomic E-state index is 0.0609. The van der Waals surface area contributed by atoms with E-state index in [9.17, 15) is 4.79 Å². The first-order chi connectivity index (χ1) is 16.9. The molecule has 6 nitrogen and oxygen atoms in total. The summed E-state index contributed by atoms with van der Waals surface area (Å²) in [7, 11) is 4.03. The highest BCUT2D eigenvalue weighted by atomic mass is 16.1. The van der Waals surface area contributed by atoms with E-state index >= 15 is 0 Å². The minimum Gasteiger partial charge on any atom is -0.345 e. The number of amides is 1. The molecule has 0 spiro atoms. The van der Waals surface area contributed by atoms with Gasteiger partial charge in [0.1, 0.15) is 0 Å². The van der Waals surface area contributed by atoms with Crippen LogP contribution < -0.4 is 5.32 Å². The van der Waals surface area contributed by atoms with Gasteiger partial charge in [-0.2, -0.15) is 5.10 Å². The van der Waals surface area contributed by atoms with E-state index in [1.807, 2.05) is 57.6 Å². The maximum atomic E-state index is 13.5. The Balaban J connectivity index is 1.46. The molecule has 5 rings (SSSR count). The number of para-hydroxylation sites is 1. The number of benzene rings is 2. The molecule has 0 bridgehead atoms. The average Bonchev–Trinajstić information content (AvgIpc) is 3.30. The van der Waals surface area contributed by atoms with Crippen molar-refractivity contribution in [3.63, 3.8) is 0 Å². The van der Waals surface area contributed by atoms with Crippen molar-refractivity contribution < 1.29 is 4.79 Å². The molecular weight excluding hydrogens is 434 g/mol. The maximum Gasteiger partial charge on any atom is 0.252 e. The van der Waals surface area contributed by atoms with Gasteiger partial charge < -0.3 is 10.2 Å². The summed E-state index contributed by atoms with van der Waals surface area (Å²) in [6.45, 7) is 6.00. The fourth-order valence-corrected chi connectivity index (χ4v) is 4.71. The summed E-state index contributed by atoms with van der Waals surface area (Å²) in [6, 6.07) is 16.2. The number of aryl methyl sites for hydroxylation is 2. The zero-order valence-corrected chi connectivity index (χ0v) is 20.7. The van der Waals surface area contributed by atoms with E-state index in [1.54, 1.807) is 4.68 Å². The van der Waals surface area contributed by atoms with Crippen molar-refractivity contribution in [2.45, 2.75) is 26.3 Å². The van der Waals surface area contributed by atoms with E-state index in [4.69, 9.17) is 4.98 Å². The van der Waals surface area contributed by atoms with Gasteiger partial charge in [-0.25, -0.2) is 4.98 Å². The number of aromatic nitrogens is 3. The number of hydrogen-bond donors (Lipinski definition) is 1. The molecule has 2 aromatic heterocycles. The lowest BCUT2D eigenvalue weighted by Gasteiger charge is -2.23. The molecule has 6 heteroatoms. The minimum atomic E-state index is -0.198. The molecule has 0 saturated carbocycles. The highest BCUT2D eigenvalue weighted by Gasteiger charge is 2.19. The number of pyridine rings is 1. The third kappa shape index (κ3) is 4.75. The smallest absolute Gasteiger partial charge is 0.252 e. The highest BCUT2D eigenvalue weighted by molar-refractivity contribution is 5.97. The van der Waals surface area contributed by atoms with Gasteiger partial charge in [0.25, 0.3) is 5.91 Å². The molecule has 1 atom stereocenters. The van der Waals surface area contributed by atoms with E-state index in [0.29, 0.717) is 0 Å². The fraction of sp³-hybridized carbons (Fsp3) is 0.276. The quantitative estimate of drug-likeness (QED) is 0.443. The molecular formula is C29H31N5O. The van der Waals surface area contributed by atoms with Crippen LogP contribution in [0.5, 0.6) is 0 Å². The molecule has 0 radical (unpaired) electrons. The van der Waals surface area contributed by atoms with E-state index < -0.39 is 0 Å². The van der Waals surface area contributed by atoms with Gasteiger partial charge in [0.2, 0.25) is 0 Å². The molecule has 3 heterocycles. The molecule has 1 aliphatic rings. The Kier molecular flexibility index (Phi) is 6.22. The number of fused-ring (bicyclic) bond motifs is 1. The van der Waals surface area contributed by atoms with Crippen LogP contribution in [0.2, 0.25) is 0 Å². The summed E-state index contributed by atoms with van der Waals surface area (Å²) < 4.78 is 1.77. The predicted octanol–water partition coefficient (Wildman–Crippen LogP) is 5.15. The van der Waals surface area contributed by atoms with Gasteiger partial charge in [-0.1, -0.05) is 36.4 Å². The Labute approximate surface area is 206 Å². The van der Waals surface area contributed by atoms with Gasteiger partial charge in [0.15, 0.2) is 0 Å². The zero-order valence-electron chi connectivity index (χ0n) is 20.7. The number of carbonyl (C=O) groups excluding carboxylic acids is 1. The van der Waals surface area contributed by atoms with Crippen molar-refractivity contribution in [1.29, 1.82) is 0 Å². The Hall–Kier alpha value is -3.77. The molecule has 1 aliphatic heterocycles. The SMILES string of the molecule is Cc1ccc(C2=CCN(C)CC2)cc1C(=O)N[C@H](C)c1cc(-c2cnn(C)c2)nc2ccccc12. The topological polar surface area (TPSA) is 63.1 Å². The second-order valence-corrected chi connectivity index (χ2v) is 9.48. The number of nitrogens with zero attached hydrogens (tertiary/aromatic N) is 4.